The lowest BCUT2D eigenvalue weighted by molar-refractivity contribution is -0.133. The Bertz CT molecular complexity index is 795. The first kappa shape index (κ1) is 13.6. The molecule has 0 radical (unpaired) electrons. The normalized spacial score (nSPS) is 11.1. The van der Waals surface area contributed by atoms with Crippen LogP contribution >= 0.6 is 11.8 Å². The number of hydrogen-bond acceptors (Lipinski definition) is 5. The summed E-state index contributed by atoms with van der Waals surface area (Å²) in [6, 6.07) is 7.72. The van der Waals surface area contributed by atoms with E-state index in [1.807, 2.05) is 40.4 Å². The van der Waals surface area contributed by atoms with Crippen LogP contribution in [0.5, 0.6) is 0 Å². The summed E-state index contributed by atoms with van der Waals surface area (Å²) < 4.78 is 3.80. The fourth-order valence-electron chi connectivity index (χ4n) is 2.03. The number of carboxylic acid groups (broad SMARTS) is 1. The Hall–Kier alpha value is -2.35. The Morgan fingerprint density at radius 1 is 1.38 bits per heavy atom. The van der Waals surface area contributed by atoms with Crippen LogP contribution in [0.1, 0.15) is 5.82 Å². The maximum absolute atomic E-state index is 10.8. The van der Waals surface area contributed by atoms with Crippen LogP contribution in [0.15, 0.2) is 35.7 Å². The van der Waals surface area contributed by atoms with Crippen molar-refractivity contribution in [3.8, 4) is 0 Å². The van der Waals surface area contributed by atoms with Crippen molar-refractivity contribution in [2.45, 2.75) is 11.7 Å². The molecule has 0 aliphatic heterocycles. The highest BCUT2D eigenvalue weighted by atomic mass is 32.2. The van der Waals surface area contributed by atoms with Crippen LogP contribution in [0.2, 0.25) is 0 Å². The van der Waals surface area contributed by atoms with Gasteiger partial charge in [0.1, 0.15) is 6.33 Å². The van der Waals surface area contributed by atoms with E-state index in [0.29, 0.717) is 11.7 Å². The molecule has 2 heterocycles. The molecule has 0 bridgehead atoms. The average Bonchev–Trinajstić information content (AvgIpc) is 3.02. The molecule has 0 atom stereocenters. The summed E-state index contributed by atoms with van der Waals surface area (Å²) in [5, 5.41) is 17.5. The zero-order valence-corrected chi connectivity index (χ0v) is 12.1. The lowest BCUT2D eigenvalue weighted by Gasteiger charge is -2.07. The van der Waals surface area contributed by atoms with Crippen LogP contribution < -0.4 is 0 Å². The van der Waals surface area contributed by atoms with Gasteiger partial charge < -0.3 is 14.2 Å². The van der Waals surface area contributed by atoms with E-state index >= 15 is 0 Å². The van der Waals surface area contributed by atoms with Crippen molar-refractivity contribution < 1.29 is 9.90 Å². The van der Waals surface area contributed by atoms with Crippen LogP contribution in [0.3, 0.4) is 0 Å². The molecule has 8 heteroatoms. The molecule has 108 valence electrons. The summed E-state index contributed by atoms with van der Waals surface area (Å²) in [7, 11) is 1.87. The van der Waals surface area contributed by atoms with E-state index in [4.69, 9.17) is 5.11 Å². The number of carbonyl (C=O) groups is 1. The predicted molar refractivity (Wildman–Crippen MR) is 78.2 cm³/mol. The van der Waals surface area contributed by atoms with E-state index in [9.17, 15) is 4.79 Å². The van der Waals surface area contributed by atoms with Gasteiger partial charge in [0.2, 0.25) is 0 Å². The molecule has 0 aliphatic carbocycles. The van der Waals surface area contributed by atoms with E-state index in [1.165, 1.54) is 11.8 Å². The standard InChI is InChI=1S/C13H13N5O2S/c1-17-8-14-16-11(17)6-18-10-5-3-2-4-9(10)15-13(18)21-7-12(19)20/h2-5,8H,6-7H2,1H3,(H,19,20). The van der Waals surface area contributed by atoms with E-state index in [2.05, 4.69) is 15.2 Å². The van der Waals surface area contributed by atoms with Gasteiger partial charge in [0.15, 0.2) is 11.0 Å². The van der Waals surface area contributed by atoms with Gasteiger partial charge >= 0.3 is 5.97 Å². The number of nitrogens with zero attached hydrogens (tertiary/aromatic N) is 5. The van der Waals surface area contributed by atoms with Gasteiger partial charge in [0.25, 0.3) is 0 Å². The summed E-state index contributed by atoms with van der Waals surface area (Å²) in [4.78, 5) is 15.3. The van der Waals surface area contributed by atoms with Crippen LogP contribution in [0.25, 0.3) is 11.0 Å². The lowest BCUT2D eigenvalue weighted by Crippen LogP contribution is -2.08. The number of hydrogen-bond donors (Lipinski definition) is 1. The molecule has 1 N–H and O–H groups in total. The molecule has 2 aromatic heterocycles. The zero-order chi connectivity index (χ0) is 14.8. The van der Waals surface area contributed by atoms with Gasteiger partial charge in [-0.1, -0.05) is 23.9 Å². The number of aliphatic carboxylic acids is 1. The van der Waals surface area contributed by atoms with Crippen LogP contribution in [-0.2, 0) is 18.4 Å². The minimum Gasteiger partial charge on any atom is -0.481 e. The van der Waals surface area contributed by atoms with Crippen molar-refractivity contribution in [1.82, 2.24) is 24.3 Å². The molecule has 3 rings (SSSR count). The Morgan fingerprint density at radius 3 is 2.90 bits per heavy atom. The Balaban J connectivity index is 2.02. The molecule has 0 saturated carbocycles. The van der Waals surface area contributed by atoms with Gasteiger partial charge in [-0.25, -0.2) is 4.98 Å². The third-order valence-electron chi connectivity index (χ3n) is 3.05. The number of fused-ring (bicyclic) bond motifs is 1. The van der Waals surface area contributed by atoms with Crippen molar-refractivity contribution >= 4 is 28.8 Å². The quantitative estimate of drug-likeness (QED) is 0.717. The molecule has 3 aromatic rings. The number of benzene rings is 1. The number of rotatable bonds is 5. The fraction of sp³-hybridized carbons (Fsp3) is 0.231. The average molecular weight is 303 g/mol. The maximum atomic E-state index is 10.8. The highest BCUT2D eigenvalue weighted by molar-refractivity contribution is 7.99. The Morgan fingerprint density at radius 2 is 2.19 bits per heavy atom. The smallest absolute Gasteiger partial charge is 0.313 e. The molecule has 7 nitrogen and oxygen atoms in total. The second-order valence-electron chi connectivity index (χ2n) is 4.51. The second-order valence-corrected chi connectivity index (χ2v) is 5.45. The minimum atomic E-state index is -0.864. The van der Waals surface area contributed by atoms with E-state index in [-0.39, 0.29) is 5.75 Å². The molecule has 0 spiro atoms. The van der Waals surface area contributed by atoms with Crippen molar-refractivity contribution in [1.29, 1.82) is 0 Å². The van der Waals surface area contributed by atoms with Crippen LogP contribution in [0, 0.1) is 0 Å². The summed E-state index contributed by atoms with van der Waals surface area (Å²) in [5.41, 5.74) is 1.79. The molecular weight excluding hydrogens is 290 g/mol. The third kappa shape index (κ3) is 2.75. The number of aryl methyl sites for hydroxylation is 1. The molecule has 21 heavy (non-hydrogen) atoms. The SMILES string of the molecule is Cn1cnnc1Cn1c(SCC(=O)O)nc2ccccc21. The van der Waals surface area contributed by atoms with E-state index in [1.54, 1.807) is 6.33 Å². The number of carboxylic acids is 1. The topological polar surface area (TPSA) is 85.8 Å². The zero-order valence-electron chi connectivity index (χ0n) is 11.3. The van der Waals surface area contributed by atoms with Crippen molar-refractivity contribution in [2.75, 3.05) is 5.75 Å². The first-order valence-corrected chi connectivity index (χ1v) is 7.26. The highest BCUT2D eigenvalue weighted by Gasteiger charge is 2.14. The highest BCUT2D eigenvalue weighted by Crippen LogP contribution is 2.24. The molecule has 0 saturated heterocycles. The molecule has 0 fully saturated rings. The molecule has 0 amide bonds. The lowest BCUT2D eigenvalue weighted by atomic mass is 10.3. The van der Waals surface area contributed by atoms with Gasteiger partial charge in [-0.05, 0) is 12.1 Å². The number of para-hydroxylation sites is 2. The summed E-state index contributed by atoms with van der Waals surface area (Å²) in [6.07, 6.45) is 1.64. The van der Waals surface area contributed by atoms with Gasteiger partial charge in [-0.3, -0.25) is 4.79 Å². The Labute approximate surface area is 124 Å². The first-order valence-electron chi connectivity index (χ1n) is 6.28. The molecule has 0 aliphatic rings. The minimum absolute atomic E-state index is 0.0257. The van der Waals surface area contributed by atoms with Gasteiger partial charge in [-0.2, -0.15) is 0 Å². The van der Waals surface area contributed by atoms with Gasteiger partial charge in [0.05, 0.1) is 23.3 Å². The number of thioether (sulfide) groups is 1. The molecule has 1 aromatic carbocycles. The largest absolute Gasteiger partial charge is 0.481 e. The van der Waals surface area contributed by atoms with Gasteiger partial charge in [-0.15, -0.1) is 10.2 Å². The maximum Gasteiger partial charge on any atom is 0.313 e. The monoisotopic (exact) mass is 303 g/mol. The number of aromatic nitrogens is 5. The summed E-state index contributed by atoms with van der Waals surface area (Å²) in [5.74, 6) is -0.102. The van der Waals surface area contributed by atoms with E-state index in [0.717, 1.165) is 16.9 Å². The second kappa shape index (κ2) is 5.57. The van der Waals surface area contributed by atoms with Crippen molar-refractivity contribution in [3.05, 3.63) is 36.4 Å². The van der Waals surface area contributed by atoms with Crippen molar-refractivity contribution in [2.24, 2.45) is 7.05 Å². The van der Waals surface area contributed by atoms with E-state index < -0.39 is 5.97 Å². The first-order chi connectivity index (χ1) is 10.1. The molecule has 0 unspecified atom stereocenters. The van der Waals surface area contributed by atoms with Gasteiger partial charge in [0, 0.05) is 7.05 Å². The van der Waals surface area contributed by atoms with Crippen molar-refractivity contribution in [3.63, 3.8) is 0 Å². The Kier molecular flexibility index (Phi) is 3.61. The van der Waals surface area contributed by atoms with Crippen LogP contribution in [-0.4, -0.2) is 41.1 Å². The summed E-state index contributed by atoms with van der Waals surface area (Å²) >= 11 is 1.20. The van der Waals surface area contributed by atoms with Crippen LogP contribution in [0.4, 0.5) is 0 Å². The fourth-order valence-corrected chi connectivity index (χ4v) is 2.77. The predicted octanol–water partition coefficient (Wildman–Crippen LogP) is 1.39. The number of imidazole rings is 1. The molecular formula is C13H13N5O2S. The third-order valence-corrected chi connectivity index (χ3v) is 4.01. The summed E-state index contributed by atoms with van der Waals surface area (Å²) in [6.45, 7) is 0.499.